The normalized spacial score (nSPS) is 19.4. The van der Waals surface area contributed by atoms with E-state index in [1.807, 2.05) is 4.90 Å². The summed E-state index contributed by atoms with van der Waals surface area (Å²) < 4.78 is 4.68. The van der Waals surface area contributed by atoms with E-state index < -0.39 is 35.6 Å². The maximum atomic E-state index is 13.1. The average Bonchev–Trinajstić information content (AvgIpc) is 3.17. The lowest BCUT2D eigenvalue weighted by Crippen LogP contribution is -2.54. The van der Waals surface area contributed by atoms with Crippen LogP contribution in [-0.2, 0) is 14.3 Å². The van der Waals surface area contributed by atoms with Gasteiger partial charge >= 0.3 is 5.97 Å². The van der Waals surface area contributed by atoms with Crippen molar-refractivity contribution in [3.63, 3.8) is 0 Å². The summed E-state index contributed by atoms with van der Waals surface area (Å²) in [5.41, 5.74) is 1.66. The zero-order valence-electron chi connectivity index (χ0n) is 20.4. The second-order valence-corrected chi connectivity index (χ2v) is 9.55. The van der Waals surface area contributed by atoms with E-state index >= 15 is 0 Å². The SMILES string of the molecule is COC(=O)c1ccc(C(=O)N2CCN(c3ccc4c(c3)C(=O)N(C3CCC(=O)NC3=O)C4=O)CC2)cc1Cl. The lowest BCUT2D eigenvalue weighted by molar-refractivity contribution is -0.136. The molecule has 2 saturated heterocycles. The predicted octanol–water partition coefficient (Wildman–Crippen LogP) is 1.49. The molecule has 2 aromatic carbocycles. The third-order valence-electron chi connectivity index (χ3n) is 6.98. The number of anilines is 1. The summed E-state index contributed by atoms with van der Waals surface area (Å²) in [5.74, 6) is -3.02. The van der Waals surface area contributed by atoms with Crippen LogP contribution in [0.4, 0.5) is 5.69 Å². The molecule has 0 spiro atoms. The van der Waals surface area contributed by atoms with Crippen molar-refractivity contribution in [1.82, 2.24) is 15.1 Å². The number of halogens is 1. The Morgan fingerprint density at radius 3 is 2.32 bits per heavy atom. The molecule has 0 radical (unpaired) electrons. The van der Waals surface area contributed by atoms with E-state index in [1.165, 1.54) is 25.3 Å². The fraction of sp³-hybridized carbons (Fsp3) is 0.308. The molecule has 38 heavy (non-hydrogen) atoms. The molecule has 1 atom stereocenters. The molecule has 11 nitrogen and oxygen atoms in total. The number of hydrogen-bond acceptors (Lipinski definition) is 8. The van der Waals surface area contributed by atoms with Crippen LogP contribution in [0.15, 0.2) is 36.4 Å². The van der Waals surface area contributed by atoms with Gasteiger partial charge in [0, 0.05) is 43.9 Å². The summed E-state index contributed by atoms with van der Waals surface area (Å²) in [4.78, 5) is 79.1. The molecule has 5 amide bonds. The van der Waals surface area contributed by atoms with Crippen LogP contribution in [0.25, 0.3) is 0 Å². The van der Waals surface area contributed by atoms with E-state index in [0.717, 1.165) is 4.90 Å². The predicted molar refractivity (Wildman–Crippen MR) is 134 cm³/mol. The Hall–Kier alpha value is -4.25. The number of amides is 5. The number of methoxy groups -OCH3 is 1. The van der Waals surface area contributed by atoms with Gasteiger partial charge in [0.2, 0.25) is 11.8 Å². The van der Waals surface area contributed by atoms with Crippen molar-refractivity contribution in [2.45, 2.75) is 18.9 Å². The number of hydrogen-bond donors (Lipinski definition) is 1. The van der Waals surface area contributed by atoms with Gasteiger partial charge in [-0.25, -0.2) is 4.79 Å². The molecule has 3 heterocycles. The zero-order chi connectivity index (χ0) is 27.1. The van der Waals surface area contributed by atoms with E-state index in [0.29, 0.717) is 37.4 Å². The summed E-state index contributed by atoms with van der Waals surface area (Å²) in [5, 5.41) is 2.31. The first-order valence-corrected chi connectivity index (χ1v) is 12.3. The summed E-state index contributed by atoms with van der Waals surface area (Å²) in [6, 6.07) is 8.35. The Labute approximate surface area is 222 Å². The Bertz CT molecular complexity index is 1400. The third-order valence-corrected chi connectivity index (χ3v) is 7.29. The number of fused-ring (bicyclic) bond motifs is 1. The van der Waals surface area contributed by atoms with Gasteiger partial charge < -0.3 is 14.5 Å². The number of ether oxygens (including phenoxy) is 1. The van der Waals surface area contributed by atoms with Gasteiger partial charge in [0.1, 0.15) is 6.04 Å². The Balaban J connectivity index is 1.26. The van der Waals surface area contributed by atoms with Crippen LogP contribution in [0, 0.1) is 0 Å². The zero-order valence-corrected chi connectivity index (χ0v) is 21.1. The van der Waals surface area contributed by atoms with Crippen molar-refractivity contribution in [3.8, 4) is 0 Å². The smallest absolute Gasteiger partial charge is 0.339 e. The molecule has 12 heteroatoms. The highest BCUT2D eigenvalue weighted by molar-refractivity contribution is 6.34. The highest BCUT2D eigenvalue weighted by atomic mass is 35.5. The van der Waals surface area contributed by atoms with Crippen LogP contribution in [0.1, 0.15) is 54.3 Å². The first-order valence-electron chi connectivity index (χ1n) is 12.0. The first kappa shape index (κ1) is 25.4. The number of imide groups is 2. The molecule has 2 aromatic rings. The molecule has 1 unspecified atom stereocenters. The maximum Gasteiger partial charge on any atom is 0.339 e. The van der Waals surface area contributed by atoms with E-state index in [9.17, 15) is 28.8 Å². The number of benzene rings is 2. The van der Waals surface area contributed by atoms with Crippen LogP contribution in [0.5, 0.6) is 0 Å². The van der Waals surface area contributed by atoms with Gasteiger partial charge in [-0.3, -0.25) is 34.2 Å². The van der Waals surface area contributed by atoms with Crippen LogP contribution in [0.2, 0.25) is 5.02 Å². The van der Waals surface area contributed by atoms with E-state index in [-0.39, 0.29) is 40.5 Å². The van der Waals surface area contributed by atoms with E-state index in [2.05, 4.69) is 10.1 Å². The lowest BCUT2D eigenvalue weighted by Gasteiger charge is -2.36. The van der Waals surface area contributed by atoms with Crippen molar-refractivity contribution >= 4 is 52.8 Å². The number of piperazine rings is 1. The van der Waals surface area contributed by atoms with Crippen molar-refractivity contribution < 1.29 is 33.5 Å². The van der Waals surface area contributed by atoms with Crippen LogP contribution >= 0.6 is 11.6 Å². The van der Waals surface area contributed by atoms with Gasteiger partial charge in [0.15, 0.2) is 0 Å². The summed E-state index contributed by atoms with van der Waals surface area (Å²) in [7, 11) is 1.25. The lowest BCUT2D eigenvalue weighted by atomic mass is 10.0. The highest BCUT2D eigenvalue weighted by Gasteiger charge is 2.44. The molecule has 2 fully saturated rings. The van der Waals surface area contributed by atoms with Crippen LogP contribution in [0.3, 0.4) is 0 Å². The number of rotatable bonds is 4. The molecule has 0 aliphatic carbocycles. The molecule has 0 aromatic heterocycles. The number of nitrogens with one attached hydrogen (secondary N) is 1. The maximum absolute atomic E-state index is 13.1. The second kappa shape index (κ2) is 9.90. The van der Waals surface area contributed by atoms with Gasteiger partial charge in [-0.1, -0.05) is 11.6 Å². The molecule has 5 rings (SSSR count). The average molecular weight is 539 g/mol. The second-order valence-electron chi connectivity index (χ2n) is 9.14. The molecular formula is C26H23ClN4O7. The minimum absolute atomic E-state index is 0.0552. The van der Waals surface area contributed by atoms with Crippen LogP contribution < -0.4 is 10.2 Å². The molecule has 3 aliphatic heterocycles. The summed E-state index contributed by atoms with van der Waals surface area (Å²) in [6.07, 6.45) is 0.148. The quantitative estimate of drug-likeness (QED) is 0.457. The monoisotopic (exact) mass is 538 g/mol. The number of nitrogens with zero attached hydrogens (tertiary/aromatic N) is 3. The van der Waals surface area contributed by atoms with Crippen molar-refractivity contribution in [1.29, 1.82) is 0 Å². The largest absolute Gasteiger partial charge is 0.465 e. The molecule has 1 N–H and O–H groups in total. The number of esters is 1. The van der Waals surface area contributed by atoms with E-state index in [1.54, 1.807) is 23.1 Å². The van der Waals surface area contributed by atoms with Gasteiger partial charge in [-0.2, -0.15) is 0 Å². The standard InChI is InChI=1S/C26H23ClN4O7/c1-38-26(37)17-4-2-14(12-19(17)27)23(34)30-10-8-29(9-11-30)15-3-5-16-18(13-15)25(36)31(24(16)35)20-6-7-21(32)28-22(20)33/h2-5,12-13,20H,6-11H2,1H3,(H,28,32,33). The van der Waals surface area contributed by atoms with Crippen molar-refractivity contribution in [2.75, 3.05) is 38.2 Å². The number of carbonyl (C=O) groups excluding carboxylic acids is 6. The summed E-state index contributed by atoms with van der Waals surface area (Å²) >= 11 is 6.16. The van der Waals surface area contributed by atoms with Crippen LogP contribution in [-0.4, -0.2) is 84.6 Å². The minimum atomic E-state index is -1.02. The Morgan fingerprint density at radius 2 is 1.66 bits per heavy atom. The molecule has 196 valence electrons. The minimum Gasteiger partial charge on any atom is -0.465 e. The topological polar surface area (TPSA) is 133 Å². The number of piperidine rings is 1. The molecular weight excluding hydrogens is 516 g/mol. The third kappa shape index (κ3) is 4.38. The van der Waals surface area contributed by atoms with Gasteiger partial charge in [-0.05, 0) is 42.8 Å². The number of carbonyl (C=O) groups is 6. The van der Waals surface area contributed by atoms with Gasteiger partial charge in [0.25, 0.3) is 17.7 Å². The summed E-state index contributed by atoms with van der Waals surface area (Å²) in [6.45, 7) is 1.78. The first-order chi connectivity index (χ1) is 18.2. The molecule has 0 saturated carbocycles. The molecule has 0 bridgehead atoms. The fourth-order valence-electron chi connectivity index (χ4n) is 4.93. The van der Waals surface area contributed by atoms with E-state index in [4.69, 9.17) is 11.6 Å². The van der Waals surface area contributed by atoms with Gasteiger partial charge in [0.05, 0.1) is 28.8 Å². The van der Waals surface area contributed by atoms with Crippen molar-refractivity contribution in [2.24, 2.45) is 0 Å². The fourth-order valence-corrected chi connectivity index (χ4v) is 5.19. The molecule has 3 aliphatic rings. The Morgan fingerprint density at radius 1 is 0.947 bits per heavy atom. The van der Waals surface area contributed by atoms with Crippen molar-refractivity contribution in [3.05, 3.63) is 63.7 Å². The van der Waals surface area contributed by atoms with Gasteiger partial charge in [-0.15, -0.1) is 0 Å². The highest BCUT2D eigenvalue weighted by Crippen LogP contribution is 2.31. The Kier molecular flexibility index (Phi) is 6.62.